The molecule has 0 unspecified atom stereocenters. The molecule has 0 aliphatic rings. The molecule has 0 aromatic heterocycles. The fourth-order valence-electron chi connectivity index (χ4n) is 0.801. The average molecular weight is 178 g/mol. The van der Waals surface area contributed by atoms with Gasteiger partial charge in [0.1, 0.15) is 0 Å². The van der Waals surface area contributed by atoms with Gasteiger partial charge in [0.15, 0.2) is 0 Å². The molecule has 0 saturated carbocycles. The minimum atomic E-state index is -3.09. The van der Waals surface area contributed by atoms with Crippen molar-refractivity contribution in [2.24, 2.45) is 0 Å². The summed E-state index contributed by atoms with van der Waals surface area (Å²) in [7, 11) is 0.996. The van der Waals surface area contributed by atoms with E-state index in [0.717, 1.165) is 32.4 Å². The summed E-state index contributed by atoms with van der Waals surface area (Å²) in [5, 5.41) is 0. The molecule has 1 nitrogen and oxygen atoms in total. The number of halogens is 2. The van der Waals surface area contributed by atoms with E-state index in [1.165, 1.54) is 6.08 Å². The molecule has 0 spiro atoms. The van der Waals surface area contributed by atoms with E-state index < -0.39 is 6.11 Å². The molecule has 0 amide bonds. The standard InChI is InChI=1S/C9H16F2O/c1-3-4-5-6-7-8-9(10,11)12-2/h7-8H,3-6H2,1-2H3/b8-7+. The lowest BCUT2D eigenvalue weighted by molar-refractivity contribution is -0.180. The fourth-order valence-corrected chi connectivity index (χ4v) is 0.801. The minimum Gasteiger partial charge on any atom is -0.320 e. The smallest absolute Gasteiger partial charge is 0.320 e. The average Bonchev–Trinajstić information content (AvgIpc) is 2.04. The van der Waals surface area contributed by atoms with Gasteiger partial charge in [-0.3, -0.25) is 0 Å². The second kappa shape index (κ2) is 6.12. The highest BCUT2D eigenvalue weighted by molar-refractivity contribution is 4.88. The summed E-state index contributed by atoms with van der Waals surface area (Å²) in [5.41, 5.74) is 0. The summed E-state index contributed by atoms with van der Waals surface area (Å²) >= 11 is 0. The van der Waals surface area contributed by atoms with Crippen LogP contribution in [0.1, 0.15) is 32.6 Å². The van der Waals surface area contributed by atoms with Gasteiger partial charge >= 0.3 is 6.11 Å². The lowest BCUT2D eigenvalue weighted by Crippen LogP contribution is -2.13. The molecule has 0 atom stereocenters. The summed E-state index contributed by atoms with van der Waals surface area (Å²) in [5.74, 6) is 0. The van der Waals surface area contributed by atoms with Gasteiger partial charge in [-0.2, -0.15) is 8.78 Å². The van der Waals surface area contributed by atoms with Gasteiger partial charge in [0, 0.05) is 13.2 Å². The van der Waals surface area contributed by atoms with Crippen LogP contribution in [0, 0.1) is 0 Å². The van der Waals surface area contributed by atoms with Crippen LogP contribution < -0.4 is 0 Å². The molecule has 0 rings (SSSR count). The van der Waals surface area contributed by atoms with Crippen molar-refractivity contribution in [1.29, 1.82) is 0 Å². The van der Waals surface area contributed by atoms with Crippen LogP contribution in [0.3, 0.4) is 0 Å². The lowest BCUT2D eigenvalue weighted by Gasteiger charge is -2.07. The van der Waals surface area contributed by atoms with E-state index in [0.29, 0.717) is 6.42 Å². The molecule has 0 aliphatic heterocycles. The SMILES string of the molecule is CCCCC/C=C/C(F)(F)OC. The van der Waals surface area contributed by atoms with Crippen molar-refractivity contribution in [3.8, 4) is 0 Å². The molecule has 0 radical (unpaired) electrons. The third-order valence-electron chi connectivity index (χ3n) is 1.56. The van der Waals surface area contributed by atoms with Gasteiger partial charge < -0.3 is 4.74 Å². The lowest BCUT2D eigenvalue weighted by atomic mass is 10.2. The van der Waals surface area contributed by atoms with Crippen LogP contribution >= 0.6 is 0 Å². The van der Waals surface area contributed by atoms with Gasteiger partial charge in [0.25, 0.3) is 0 Å². The van der Waals surface area contributed by atoms with Crippen molar-refractivity contribution in [2.75, 3.05) is 7.11 Å². The molecule has 3 heteroatoms. The third kappa shape index (κ3) is 6.28. The van der Waals surface area contributed by atoms with Crippen LogP contribution in [0.5, 0.6) is 0 Å². The van der Waals surface area contributed by atoms with Crippen LogP contribution in [-0.2, 0) is 4.74 Å². The van der Waals surface area contributed by atoms with Crippen LogP contribution in [0.25, 0.3) is 0 Å². The van der Waals surface area contributed by atoms with Crippen molar-refractivity contribution in [3.05, 3.63) is 12.2 Å². The predicted octanol–water partition coefficient (Wildman–Crippen LogP) is 3.36. The summed E-state index contributed by atoms with van der Waals surface area (Å²) in [4.78, 5) is 0. The molecule has 0 N–H and O–H groups in total. The molecular formula is C9H16F2O. The Bertz CT molecular complexity index is 132. The van der Waals surface area contributed by atoms with E-state index in [2.05, 4.69) is 11.7 Å². The van der Waals surface area contributed by atoms with Gasteiger partial charge in [-0.25, -0.2) is 0 Å². The summed E-state index contributed by atoms with van der Waals surface area (Å²) in [6, 6.07) is 0. The molecule has 0 fully saturated rings. The number of alkyl halides is 2. The number of rotatable bonds is 6. The van der Waals surface area contributed by atoms with Gasteiger partial charge in [0.2, 0.25) is 0 Å². The zero-order chi connectivity index (χ0) is 9.45. The van der Waals surface area contributed by atoms with Crippen molar-refractivity contribution in [3.63, 3.8) is 0 Å². The van der Waals surface area contributed by atoms with Crippen LogP contribution in [0.4, 0.5) is 8.78 Å². The first-order valence-corrected chi connectivity index (χ1v) is 4.23. The summed E-state index contributed by atoms with van der Waals surface area (Å²) < 4.78 is 28.6. The molecule has 72 valence electrons. The topological polar surface area (TPSA) is 9.23 Å². The maximum absolute atomic E-state index is 12.4. The van der Waals surface area contributed by atoms with E-state index in [1.807, 2.05) is 0 Å². The molecule has 0 saturated heterocycles. The number of unbranched alkanes of at least 4 members (excludes halogenated alkanes) is 3. The maximum atomic E-state index is 12.4. The van der Waals surface area contributed by atoms with Crippen molar-refractivity contribution >= 4 is 0 Å². The molecule has 0 aromatic rings. The number of allylic oxidation sites excluding steroid dienone is 1. The molecule has 12 heavy (non-hydrogen) atoms. The number of hydrogen-bond donors (Lipinski definition) is 0. The Kier molecular flexibility index (Phi) is 5.89. The first kappa shape index (κ1) is 11.6. The Morgan fingerprint density at radius 1 is 1.33 bits per heavy atom. The predicted molar refractivity (Wildman–Crippen MR) is 45.2 cm³/mol. The highest BCUT2D eigenvalue weighted by atomic mass is 19.3. The van der Waals surface area contributed by atoms with E-state index in [-0.39, 0.29) is 0 Å². The van der Waals surface area contributed by atoms with Crippen molar-refractivity contribution in [2.45, 2.75) is 38.7 Å². The largest absolute Gasteiger partial charge is 0.376 e. The Balaban J connectivity index is 3.47. The summed E-state index contributed by atoms with van der Waals surface area (Å²) in [6.45, 7) is 2.08. The first-order valence-electron chi connectivity index (χ1n) is 4.23. The Labute approximate surface area is 72.4 Å². The van der Waals surface area contributed by atoms with Crippen molar-refractivity contribution in [1.82, 2.24) is 0 Å². The monoisotopic (exact) mass is 178 g/mol. The van der Waals surface area contributed by atoms with E-state index in [1.54, 1.807) is 0 Å². The normalized spacial score (nSPS) is 12.7. The van der Waals surface area contributed by atoms with Gasteiger partial charge in [-0.15, -0.1) is 0 Å². The number of methoxy groups -OCH3 is 1. The first-order chi connectivity index (χ1) is 5.62. The van der Waals surface area contributed by atoms with Crippen LogP contribution in [-0.4, -0.2) is 13.2 Å². The van der Waals surface area contributed by atoms with Crippen LogP contribution in [0.2, 0.25) is 0 Å². The fraction of sp³-hybridized carbons (Fsp3) is 0.778. The van der Waals surface area contributed by atoms with Crippen LogP contribution in [0.15, 0.2) is 12.2 Å². The zero-order valence-corrected chi connectivity index (χ0v) is 7.65. The second-order valence-corrected chi connectivity index (χ2v) is 2.66. The van der Waals surface area contributed by atoms with Gasteiger partial charge in [0.05, 0.1) is 0 Å². The van der Waals surface area contributed by atoms with Gasteiger partial charge in [-0.1, -0.05) is 25.8 Å². The Hall–Kier alpha value is -0.440. The van der Waals surface area contributed by atoms with E-state index in [4.69, 9.17) is 0 Å². The zero-order valence-electron chi connectivity index (χ0n) is 7.65. The maximum Gasteiger partial charge on any atom is 0.376 e. The Morgan fingerprint density at radius 3 is 2.50 bits per heavy atom. The third-order valence-corrected chi connectivity index (χ3v) is 1.56. The van der Waals surface area contributed by atoms with Gasteiger partial charge in [-0.05, 0) is 12.8 Å². The molecule has 0 aromatic carbocycles. The molecular weight excluding hydrogens is 162 g/mol. The molecule has 0 heterocycles. The quantitative estimate of drug-likeness (QED) is 0.447. The second-order valence-electron chi connectivity index (χ2n) is 2.66. The van der Waals surface area contributed by atoms with E-state index >= 15 is 0 Å². The molecule has 0 bridgehead atoms. The Morgan fingerprint density at radius 2 is 2.00 bits per heavy atom. The van der Waals surface area contributed by atoms with E-state index in [9.17, 15) is 8.78 Å². The minimum absolute atomic E-state index is 0.701. The van der Waals surface area contributed by atoms with Crippen molar-refractivity contribution < 1.29 is 13.5 Å². The highest BCUT2D eigenvalue weighted by Gasteiger charge is 2.22. The highest BCUT2D eigenvalue weighted by Crippen LogP contribution is 2.15. The summed E-state index contributed by atoms with van der Waals surface area (Å²) in [6.07, 6.45) is 3.05. The number of hydrogen-bond acceptors (Lipinski definition) is 1. The molecule has 0 aliphatic carbocycles. The number of ether oxygens (including phenoxy) is 1.